The van der Waals surface area contributed by atoms with E-state index in [0.717, 1.165) is 12.8 Å². The van der Waals surface area contributed by atoms with Gasteiger partial charge in [-0.25, -0.2) is 0 Å². The lowest BCUT2D eigenvalue weighted by atomic mass is 9.94. The van der Waals surface area contributed by atoms with Crippen LogP contribution in [0, 0.1) is 5.92 Å². The molecule has 114 valence electrons. The van der Waals surface area contributed by atoms with Crippen LogP contribution in [0.4, 0.5) is 0 Å². The predicted octanol–water partition coefficient (Wildman–Crippen LogP) is 1.09. The van der Waals surface area contributed by atoms with Crippen molar-refractivity contribution in [2.75, 3.05) is 26.3 Å². The minimum atomic E-state index is -0.399. The Morgan fingerprint density at radius 2 is 1.58 bits per heavy atom. The van der Waals surface area contributed by atoms with E-state index < -0.39 is 6.10 Å². The highest BCUT2D eigenvalue weighted by Crippen LogP contribution is 2.17. The second-order valence-electron chi connectivity index (χ2n) is 4.83. The number of ether oxygens (including phenoxy) is 2. The van der Waals surface area contributed by atoms with Crippen LogP contribution in [0.5, 0.6) is 0 Å². The van der Waals surface area contributed by atoms with Gasteiger partial charge in [0.15, 0.2) is 5.78 Å². The number of Topliss-reactive ketones (excluding diaryl/α,β-unsaturated/α-hetero) is 1. The van der Waals surface area contributed by atoms with Crippen LogP contribution in [0.25, 0.3) is 0 Å². The molecule has 0 saturated carbocycles. The quantitative estimate of drug-likeness (QED) is 0.520. The molecule has 3 unspecified atom stereocenters. The van der Waals surface area contributed by atoms with E-state index in [0.29, 0.717) is 32.7 Å². The SMILES string of the molecule is CCC(=O)C(OCCCN)C(C)C(C)OCCCN. The maximum absolute atomic E-state index is 12.0. The minimum Gasteiger partial charge on any atom is -0.378 e. The van der Waals surface area contributed by atoms with Crippen LogP contribution in [0.3, 0.4) is 0 Å². The number of ketones is 1. The molecule has 0 amide bonds. The normalized spacial score (nSPS) is 16.1. The summed E-state index contributed by atoms with van der Waals surface area (Å²) in [5.41, 5.74) is 10.9. The van der Waals surface area contributed by atoms with Crippen LogP contribution in [-0.2, 0) is 14.3 Å². The lowest BCUT2D eigenvalue weighted by molar-refractivity contribution is -0.138. The first-order chi connectivity index (χ1) is 9.08. The van der Waals surface area contributed by atoms with Crippen molar-refractivity contribution in [2.45, 2.75) is 52.2 Å². The Hall–Kier alpha value is -0.490. The van der Waals surface area contributed by atoms with E-state index in [1.54, 1.807) is 0 Å². The summed E-state index contributed by atoms with van der Waals surface area (Å²) in [5, 5.41) is 0. The van der Waals surface area contributed by atoms with Gasteiger partial charge in [0.25, 0.3) is 0 Å². The van der Waals surface area contributed by atoms with Crippen molar-refractivity contribution in [1.82, 2.24) is 0 Å². The molecule has 0 aromatic heterocycles. The molecule has 19 heavy (non-hydrogen) atoms. The van der Waals surface area contributed by atoms with Crippen LogP contribution in [0.2, 0.25) is 0 Å². The molecule has 0 rings (SSSR count). The van der Waals surface area contributed by atoms with Crippen LogP contribution < -0.4 is 11.5 Å². The first-order valence-electron chi connectivity index (χ1n) is 7.24. The van der Waals surface area contributed by atoms with Gasteiger partial charge >= 0.3 is 0 Å². The summed E-state index contributed by atoms with van der Waals surface area (Å²) in [6, 6.07) is 0. The van der Waals surface area contributed by atoms with Crippen LogP contribution in [-0.4, -0.2) is 44.3 Å². The Labute approximate surface area is 117 Å². The number of nitrogens with two attached hydrogens (primary N) is 2. The number of hydrogen-bond donors (Lipinski definition) is 2. The van der Waals surface area contributed by atoms with E-state index in [9.17, 15) is 4.79 Å². The molecule has 0 aromatic carbocycles. The maximum Gasteiger partial charge on any atom is 0.161 e. The van der Waals surface area contributed by atoms with E-state index in [4.69, 9.17) is 20.9 Å². The lowest BCUT2D eigenvalue weighted by Gasteiger charge is -2.28. The van der Waals surface area contributed by atoms with Gasteiger partial charge in [-0.3, -0.25) is 4.79 Å². The van der Waals surface area contributed by atoms with Gasteiger partial charge in [0, 0.05) is 25.6 Å². The third-order valence-electron chi connectivity index (χ3n) is 3.26. The first-order valence-corrected chi connectivity index (χ1v) is 7.24. The van der Waals surface area contributed by atoms with Crippen LogP contribution in [0.15, 0.2) is 0 Å². The highest BCUT2D eigenvalue weighted by Gasteiger charge is 2.28. The fourth-order valence-corrected chi connectivity index (χ4v) is 1.78. The molecule has 0 saturated heterocycles. The molecule has 0 aliphatic carbocycles. The van der Waals surface area contributed by atoms with Gasteiger partial charge in [0.05, 0.1) is 6.10 Å². The molecular formula is C14H30N2O3. The molecule has 0 heterocycles. The topological polar surface area (TPSA) is 87.6 Å². The summed E-state index contributed by atoms with van der Waals surface area (Å²) in [4.78, 5) is 12.0. The largest absolute Gasteiger partial charge is 0.378 e. The third-order valence-corrected chi connectivity index (χ3v) is 3.26. The predicted molar refractivity (Wildman–Crippen MR) is 77.0 cm³/mol. The molecule has 0 bridgehead atoms. The smallest absolute Gasteiger partial charge is 0.161 e. The molecule has 3 atom stereocenters. The van der Waals surface area contributed by atoms with E-state index in [2.05, 4.69) is 0 Å². The standard InChI is InChI=1S/C14H30N2O3/c1-4-13(17)14(19-10-6-8-16)11(2)12(3)18-9-5-7-15/h11-12,14H,4-10,15-16H2,1-3H3. The summed E-state index contributed by atoms with van der Waals surface area (Å²) in [7, 11) is 0. The van der Waals surface area contributed by atoms with Crippen LogP contribution in [0.1, 0.15) is 40.0 Å². The average Bonchev–Trinajstić information content (AvgIpc) is 2.42. The third kappa shape index (κ3) is 7.62. The van der Waals surface area contributed by atoms with Crippen molar-refractivity contribution in [2.24, 2.45) is 17.4 Å². The van der Waals surface area contributed by atoms with E-state index in [1.165, 1.54) is 0 Å². The average molecular weight is 274 g/mol. The Kier molecular flexibility index (Phi) is 11.1. The maximum atomic E-state index is 12.0. The number of hydrogen-bond acceptors (Lipinski definition) is 5. The van der Waals surface area contributed by atoms with E-state index in [-0.39, 0.29) is 17.8 Å². The van der Waals surface area contributed by atoms with E-state index >= 15 is 0 Å². The highest BCUT2D eigenvalue weighted by molar-refractivity contribution is 5.83. The molecule has 5 nitrogen and oxygen atoms in total. The monoisotopic (exact) mass is 274 g/mol. The van der Waals surface area contributed by atoms with Gasteiger partial charge in [-0.05, 0) is 32.9 Å². The zero-order chi connectivity index (χ0) is 14.7. The summed E-state index contributed by atoms with van der Waals surface area (Å²) in [6.07, 6.45) is 1.65. The summed E-state index contributed by atoms with van der Waals surface area (Å²) in [5.74, 6) is 0.154. The fourth-order valence-electron chi connectivity index (χ4n) is 1.78. The van der Waals surface area contributed by atoms with Crippen LogP contribution >= 0.6 is 0 Å². The Balaban J connectivity index is 4.34. The zero-order valence-corrected chi connectivity index (χ0v) is 12.6. The molecular weight excluding hydrogens is 244 g/mol. The molecule has 0 aliphatic rings. The van der Waals surface area contributed by atoms with Gasteiger partial charge in [0.1, 0.15) is 6.10 Å². The second kappa shape index (κ2) is 11.3. The second-order valence-corrected chi connectivity index (χ2v) is 4.83. The lowest BCUT2D eigenvalue weighted by Crippen LogP contribution is -2.38. The molecule has 0 radical (unpaired) electrons. The molecule has 0 aliphatic heterocycles. The van der Waals surface area contributed by atoms with Crippen molar-refractivity contribution in [3.63, 3.8) is 0 Å². The fraction of sp³-hybridized carbons (Fsp3) is 0.929. The molecule has 0 spiro atoms. The number of carbonyl (C=O) groups is 1. The minimum absolute atomic E-state index is 0.0232. The van der Waals surface area contributed by atoms with Crippen molar-refractivity contribution < 1.29 is 14.3 Å². The summed E-state index contributed by atoms with van der Waals surface area (Å²) in [6.45, 7) is 8.16. The van der Waals surface area contributed by atoms with Gasteiger partial charge in [-0.15, -0.1) is 0 Å². The van der Waals surface area contributed by atoms with Crippen molar-refractivity contribution in [3.8, 4) is 0 Å². The summed E-state index contributed by atoms with van der Waals surface area (Å²) >= 11 is 0. The molecule has 5 heteroatoms. The number of carbonyl (C=O) groups excluding carboxylic acids is 1. The summed E-state index contributed by atoms with van der Waals surface area (Å²) < 4.78 is 11.4. The van der Waals surface area contributed by atoms with Gasteiger partial charge < -0.3 is 20.9 Å². The highest BCUT2D eigenvalue weighted by atomic mass is 16.5. The van der Waals surface area contributed by atoms with Crippen molar-refractivity contribution >= 4 is 5.78 Å². The Morgan fingerprint density at radius 3 is 2.05 bits per heavy atom. The van der Waals surface area contributed by atoms with Crippen molar-refractivity contribution in [1.29, 1.82) is 0 Å². The zero-order valence-electron chi connectivity index (χ0n) is 12.6. The Morgan fingerprint density at radius 1 is 1.05 bits per heavy atom. The number of rotatable bonds is 12. The Bertz CT molecular complexity index is 237. The molecule has 4 N–H and O–H groups in total. The van der Waals surface area contributed by atoms with Crippen molar-refractivity contribution in [3.05, 3.63) is 0 Å². The van der Waals surface area contributed by atoms with E-state index in [1.807, 2.05) is 20.8 Å². The first kappa shape index (κ1) is 18.5. The van der Waals surface area contributed by atoms with Gasteiger partial charge in [-0.2, -0.15) is 0 Å². The molecule has 0 aromatic rings. The van der Waals surface area contributed by atoms with Gasteiger partial charge in [-0.1, -0.05) is 13.8 Å². The molecule has 0 fully saturated rings. The van der Waals surface area contributed by atoms with Gasteiger partial charge in [0.2, 0.25) is 0 Å².